The summed E-state index contributed by atoms with van der Waals surface area (Å²) in [7, 11) is 1.81. The lowest BCUT2D eigenvalue weighted by molar-refractivity contribution is -0.137. The highest BCUT2D eigenvalue weighted by atomic mass is 16.5. The summed E-state index contributed by atoms with van der Waals surface area (Å²) in [5.74, 6) is 0.772. The highest BCUT2D eigenvalue weighted by molar-refractivity contribution is 5.80. The van der Waals surface area contributed by atoms with Crippen LogP contribution in [0.3, 0.4) is 0 Å². The number of rotatable bonds is 6. The molecule has 3 heteroatoms. The van der Waals surface area contributed by atoms with Crippen LogP contribution >= 0.6 is 0 Å². The zero-order valence-corrected chi connectivity index (χ0v) is 13.5. The highest BCUT2D eigenvalue weighted by Gasteiger charge is 2.20. The Morgan fingerprint density at radius 1 is 1.09 bits per heavy atom. The first kappa shape index (κ1) is 16.1. The van der Waals surface area contributed by atoms with Gasteiger partial charge in [-0.3, -0.25) is 4.79 Å². The molecule has 0 saturated carbocycles. The molecule has 1 atom stereocenters. The molecule has 0 heterocycles. The summed E-state index contributed by atoms with van der Waals surface area (Å²) in [6.07, 6.45) is 0.387. The standard InChI is InChI=1S/C19H23NO2/c1-4-17-12-8-9-13-18(17)22-15(2)19(21)20(3)14-16-10-6-5-7-11-16/h5-13,15H,4,14H2,1-3H3/t15-/m1/s1. The molecule has 0 saturated heterocycles. The Bertz CT molecular complexity index is 610. The van der Waals surface area contributed by atoms with E-state index in [-0.39, 0.29) is 5.91 Å². The summed E-state index contributed by atoms with van der Waals surface area (Å²) < 4.78 is 5.87. The Morgan fingerprint density at radius 3 is 2.41 bits per heavy atom. The first-order valence-corrected chi connectivity index (χ1v) is 7.65. The monoisotopic (exact) mass is 297 g/mol. The number of hydrogen-bond acceptors (Lipinski definition) is 2. The van der Waals surface area contributed by atoms with Gasteiger partial charge >= 0.3 is 0 Å². The SMILES string of the molecule is CCc1ccccc1O[C@H](C)C(=O)N(C)Cc1ccccc1. The van der Waals surface area contributed by atoms with Gasteiger partial charge in [-0.1, -0.05) is 55.5 Å². The zero-order valence-electron chi connectivity index (χ0n) is 13.5. The van der Waals surface area contributed by atoms with Gasteiger partial charge in [-0.25, -0.2) is 0 Å². The largest absolute Gasteiger partial charge is 0.481 e. The first-order valence-electron chi connectivity index (χ1n) is 7.65. The molecular weight excluding hydrogens is 274 g/mol. The lowest BCUT2D eigenvalue weighted by Gasteiger charge is -2.23. The molecule has 0 fully saturated rings. The normalized spacial score (nSPS) is 11.8. The summed E-state index contributed by atoms with van der Waals surface area (Å²) in [6.45, 7) is 4.47. The van der Waals surface area contributed by atoms with Gasteiger partial charge in [0.2, 0.25) is 0 Å². The highest BCUT2D eigenvalue weighted by Crippen LogP contribution is 2.20. The van der Waals surface area contributed by atoms with E-state index < -0.39 is 6.10 Å². The number of hydrogen-bond donors (Lipinski definition) is 0. The quantitative estimate of drug-likeness (QED) is 0.814. The summed E-state index contributed by atoms with van der Waals surface area (Å²) >= 11 is 0. The molecule has 0 aliphatic heterocycles. The summed E-state index contributed by atoms with van der Waals surface area (Å²) in [5.41, 5.74) is 2.23. The fourth-order valence-corrected chi connectivity index (χ4v) is 2.40. The average molecular weight is 297 g/mol. The number of carbonyl (C=O) groups is 1. The minimum Gasteiger partial charge on any atom is -0.481 e. The number of benzene rings is 2. The third kappa shape index (κ3) is 4.10. The minimum atomic E-state index is -0.499. The Kier molecular flexibility index (Phi) is 5.59. The van der Waals surface area contributed by atoms with Crippen LogP contribution in [0.25, 0.3) is 0 Å². The average Bonchev–Trinajstić information content (AvgIpc) is 2.55. The molecule has 0 N–H and O–H groups in total. The predicted octanol–water partition coefficient (Wildman–Crippen LogP) is 3.67. The van der Waals surface area contributed by atoms with Gasteiger partial charge in [0.1, 0.15) is 5.75 Å². The molecule has 0 aromatic heterocycles. The molecule has 2 rings (SSSR count). The lowest BCUT2D eigenvalue weighted by atomic mass is 10.1. The fraction of sp³-hybridized carbons (Fsp3) is 0.316. The molecule has 0 aliphatic rings. The first-order chi connectivity index (χ1) is 10.6. The van der Waals surface area contributed by atoms with E-state index in [9.17, 15) is 4.79 Å². The second kappa shape index (κ2) is 7.64. The van der Waals surface area contributed by atoms with Crippen LogP contribution in [-0.4, -0.2) is 24.0 Å². The van der Waals surface area contributed by atoms with Crippen molar-refractivity contribution in [1.29, 1.82) is 0 Å². The third-order valence-corrected chi connectivity index (χ3v) is 3.64. The molecule has 3 nitrogen and oxygen atoms in total. The molecule has 0 aliphatic carbocycles. The molecule has 22 heavy (non-hydrogen) atoms. The van der Waals surface area contributed by atoms with Crippen molar-refractivity contribution in [2.45, 2.75) is 32.9 Å². The van der Waals surface area contributed by atoms with E-state index in [1.807, 2.05) is 54.6 Å². The van der Waals surface area contributed by atoms with Crippen molar-refractivity contribution in [3.8, 4) is 5.75 Å². The fourth-order valence-electron chi connectivity index (χ4n) is 2.40. The molecule has 0 unspecified atom stereocenters. The maximum Gasteiger partial charge on any atom is 0.263 e. The number of aryl methyl sites for hydroxylation is 1. The summed E-state index contributed by atoms with van der Waals surface area (Å²) in [6, 6.07) is 17.8. The van der Waals surface area contributed by atoms with Gasteiger partial charge in [-0.15, -0.1) is 0 Å². The van der Waals surface area contributed by atoms with E-state index in [2.05, 4.69) is 6.92 Å². The maximum atomic E-state index is 12.5. The molecule has 0 spiro atoms. The van der Waals surface area contributed by atoms with E-state index in [0.29, 0.717) is 6.54 Å². The van der Waals surface area contributed by atoms with E-state index in [1.54, 1.807) is 18.9 Å². The van der Waals surface area contributed by atoms with Crippen LogP contribution in [0.15, 0.2) is 54.6 Å². The second-order valence-electron chi connectivity index (χ2n) is 5.40. The Hall–Kier alpha value is -2.29. The predicted molar refractivity (Wildman–Crippen MR) is 88.8 cm³/mol. The molecular formula is C19H23NO2. The van der Waals surface area contributed by atoms with Crippen LogP contribution in [0, 0.1) is 0 Å². The smallest absolute Gasteiger partial charge is 0.263 e. The molecule has 2 aromatic carbocycles. The van der Waals surface area contributed by atoms with Gasteiger partial charge in [0.15, 0.2) is 6.10 Å². The van der Waals surface area contributed by atoms with Crippen molar-refractivity contribution < 1.29 is 9.53 Å². The number of para-hydroxylation sites is 1. The zero-order chi connectivity index (χ0) is 15.9. The van der Waals surface area contributed by atoms with Gasteiger partial charge < -0.3 is 9.64 Å². The second-order valence-corrected chi connectivity index (χ2v) is 5.40. The van der Waals surface area contributed by atoms with Crippen molar-refractivity contribution in [3.05, 3.63) is 65.7 Å². The van der Waals surface area contributed by atoms with Crippen LogP contribution in [0.4, 0.5) is 0 Å². The summed E-state index contributed by atoms with van der Waals surface area (Å²) in [4.78, 5) is 14.2. The van der Waals surface area contributed by atoms with E-state index in [0.717, 1.165) is 23.3 Å². The molecule has 0 radical (unpaired) electrons. The van der Waals surface area contributed by atoms with E-state index in [1.165, 1.54) is 0 Å². The van der Waals surface area contributed by atoms with Crippen LogP contribution in [0.5, 0.6) is 5.75 Å². The van der Waals surface area contributed by atoms with Crippen molar-refractivity contribution >= 4 is 5.91 Å². The molecule has 116 valence electrons. The van der Waals surface area contributed by atoms with Gasteiger partial charge in [0.05, 0.1) is 0 Å². The third-order valence-electron chi connectivity index (χ3n) is 3.64. The Balaban J connectivity index is 1.99. The Labute approximate surface area is 132 Å². The van der Waals surface area contributed by atoms with Crippen LogP contribution < -0.4 is 4.74 Å². The van der Waals surface area contributed by atoms with E-state index >= 15 is 0 Å². The van der Waals surface area contributed by atoms with Crippen molar-refractivity contribution in [2.75, 3.05) is 7.05 Å². The number of ether oxygens (including phenoxy) is 1. The van der Waals surface area contributed by atoms with Crippen LogP contribution in [0.1, 0.15) is 25.0 Å². The maximum absolute atomic E-state index is 12.5. The lowest BCUT2D eigenvalue weighted by Crippen LogP contribution is -2.37. The van der Waals surface area contributed by atoms with Crippen LogP contribution in [0.2, 0.25) is 0 Å². The number of likely N-dealkylation sites (N-methyl/N-ethyl adjacent to an activating group) is 1. The molecule has 2 aromatic rings. The molecule has 1 amide bonds. The number of carbonyl (C=O) groups excluding carboxylic acids is 1. The Morgan fingerprint density at radius 2 is 1.73 bits per heavy atom. The van der Waals surface area contributed by atoms with Gasteiger partial charge in [-0.05, 0) is 30.5 Å². The van der Waals surface area contributed by atoms with Crippen molar-refractivity contribution in [1.82, 2.24) is 4.90 Å². The van der Waals surface area contributed by atoms with Crippen molar-refractivity contribution in [2.24, 2.45) is 0 Å². The topological polar surface area (TPSA) is 29.5 Å². The van der Waals surface area contributed by atoms with E-state index in [4.69, 9.17) is 4.74 Å². The van der Waals surface area contributed by atoms with Gasteiger partial charge in [0.25, 0.3) is 5.91 Å². The summed E-state index contributed by atoms with van der Waals surface area (Å²) in [5, 5.41) is 0. The number of nitrogens with zero attached hydrogens (tertiary/aromatic N) is 1. The van der Waals surface area contributed by atoms with Crippen LogP contribution in [-0.2, 0) is 17.8 Å². The number of amides is 1. The van der Waals surface area contributed by atoms with Gasteiger partial charge in [0, 0.05) is 13.6 Å². The minimum absolute atomic E-state index is 0.0187. The molecule has 0 bridgehead atoms. The van der Waals surface area contributed by atoms with Crippen molar-refractivity contribution in [3.63, 3.8) is 0 Å². The van der Waals surface area contributed by atoms with Gasteiger partial charge in [-0.2, -0.15) is 0 Å².